The number of amides is 1. The molecule has 2 aliphatic heterocycles. The zero-order chi connectivity index (χ0) is 16.2. The van der Waals surface area contributed by atoms with Crippen LogP contribution in [0, 0.1) is 0 Å². The van der Waals surface area contributed by atoms with Crippen LogP contribution in [0.1, 0.15) is 19.5 Å². The van der Waals surface area contributed by atoms with E-state index in [1.54, 1.807) is 11.6 Å². The Kier molecular flexibility index (Phi) is 3.17. The molecule has 2 aliphatic rings. The van der Waals surface area contributed by atoms with Gasteiger partial charge < -0.3 is 5.11 Å². The zero-order valence-electron chi connectivity index (χ0n) is 12.1. The number of anilines is 1. The van der Waals surface area contributed by atoms with Gasteiger partial charge in [-0.05, 0) is 13.8 Å². The molecule has 0 radical (unpaired) electrons. The number of rotatable bonds is 1. The summed E-state index contributed by atoms with van der Waals surface area (Å²) in [4.78, 5) is 24.3. The molecule has 3 rings (SSSR count). The Balaban J connectivity index is 2.06. The SMILES string of the molecule is CC1C(=O)CS(=O)(=O)N1c1cnn2c1CN(C(=O)O)[C@@H](C)C2. The van der Waals surface area contributed by atoms with Crippen molar-refractivity contribution < 1.29 is 23.1 Å². The molecule has 0 aliphatic carbocycles. The summed E-state index contributed by atoms with van der Waals surface area (Å²) in [6, 6.07) is -1.05. The van der Waals surface area contributed by atoms with Crippen LogP contribution >= 0.6 is 0 Å². The average Bonchev–Trinajstić information content (AvgIpc) is 2.87. The summed E-state index contributed by atoms with van der Waals surface area (Å²) < 4.78 is 27.0. The summed E-state index contributed by atoms with van der Waals surface area (Å²) in [6.07, 6.45) is 0.319. The molecular weight excluding hydrogens is 312 g/mol. The number of carbonyl (C=O) groups excluding carboxylic acids is 1. The fourth-order valence-electron chi connectivity index (χ4n) is 2.93. The maximum Gasteiger partial charge on any atom is 0.407 e. The van der Waals surface area contributed by atoms with E-state index < -0.39 is 27.9 Å². The number of ketones is 1. The van der Waals surface area contributed by atoms with Crippen LogP contribution in [0.5, 0.6) is 0 Å². The predicted molar refractivity (Wildman–Crippen MR) is 76.0 cm³/mol. The highest BCUT2D eigenvalue weighted by molar-refractivity contribution is 7.94. The summed E-state index contributed by atoms with van der Waals surface area (Å²) in [5, 5.41) is 13.4. The molecule has 1 aromatic rings. The topological polar surface area (TPSA) is 113 Å². The Hall–Kier alpha value is -2.10. The van der Waals surface area contributed by atoms with Gasteiger partial charge in [0.25, 0.3) is 0 Å². The number of aromatic nitrogens is 2. The van der Waals surface area contributed by atoms with Crippen molar-refractivity contribution in [3.05, 3.63) is 11.9 Å². The highest BCUT2D eigenvalue weighted by atomic mass is 32.2. The van der Waals surface area contributed by atoms with Crippen LogP contribution in [0.2, 0.25) is 0 Å². The van der Waals surface area contributed by atoms with Gasteiger partial charge in [-0.15, -0.1) is 0 Å². The van der Waals surface area contributed by atoms with E-state index in [0.717, 1.165) is 4.31 Å². The lowest BCUT2D eigenvalue weighted by Gasteiger charge is -2.33. The molecule has 1 amide bonds. The maximum atomic E-state index is 12.2. The number of sulfonamides is 1. The fraction of sp³-hybridized carbons (Fsp3) is 0.583. The van der Waals surface area contributed by atoms with Crippen molar-refractivity contribution in [2.45, 2.75) is 39.0 Å². The van der Waals surface area contributed by atoms with E-state index in [-0.39, 0.29) is 24.1 Å². The Labute approximate surface area is 127 Å². The average molecular weight is 328 g/mol. The van der Waals surface area contributed by atoms with E-state index in [2.05, 4.69) is 5.10 Å². The molecule has 0 spiro atoms. The number of Topliss-reactive ketones (excluding diaryl/α,β-unsaturated/α-hetero) is 1. The lowest BCUT2D eigenvalue weighted by molar-refractivity contribution is -0.116. The number of hydrogen-bond donors (Lipinski definition) is 1. The molecule has 0 saturated carbocycles. The Morgan fingerprint density at radius 2 is 2.09 bits per heavy atom. The molecule has 0 bridgehead atoms. The third-order valence-electron chi connectivity index (χ3n) is 4.14. The van der Waals surface area contributed by atoms with Crippen molar-refractivity contribution in [3.63, 3.8) is 0 Å². The molecule has 3 heterocycles. The first-order chi connectivity index (χ1) is 10.2. The second-order valence-corrected chi connectivity index (χ2v) is 7.46. The third kappa shape index (κ3) is 2.05. The van der Waals surface area contributed by atoms with Gasteiger partial charge in [-0.3, -0.25) is 18.7 Å². The van der Waals surface area contributed by atoms with Gasteiger partial charge in [0.15, 0.2) is 5.78 Å². The number of carboxylic acid groups (broad SMARTS) is 1. The van der Waals surface area contributed by atoms with Crippen molar-refractivity contribution in [2.24, 2.45) is 0 Å². The highest BCUT2D eigenvalue weighted by Crippen LogP contribution is 2.33. The Morgan fingerprint density at radius 3 is 2.64 bits per heavy atom. The van der Waals surface area contributed by atoms with Gasteiger partial charge in [0.05, 0.1) is 36.7 Å². The molecule has 1 unspecified atom stereocenters. The van der Waals surface area contributed by atoms with E-state index in [0.29, 0.717) is 12.2 Å². The van der Waals surface area contributed by atoms with Gasteiger partial charge >= 0.3 is 6.09 Å². The third-order valence-corrected chi connectivity index (χ3v) is 5.90. The standard InChI is InChI=1S/C12H16N4O5S/c1-7-4-15-10(5-14(7)12(18)19)9(3-13-15)16-8(2)11(17)6-22(16,20)21/h3,7-8H,4-6H2,1-2H3,(H,18,19)/t7-,8?/m0/s1. The minimum Gasteiger partial charge on any atom is -0.465 e. The Bertz CT molecular complexity index is 756. The predicted octanol–water partition coefficient (Wildman–Crippen LogP) is -0.127. The first-order valence-corrected chi connectivity index (χ1v) is 8.42. The van der Waals surface area contributed by atoms with Gasteiger partial charge in [0.2, 0.25) is 10.0 Å². The van der Waals surface area contributed by atoms with Crippen LogP contribution < -0.4 is 4.31 Å². The van der Waals surface area contributed by atoms with Gasteiger partial charge in [-0.25, -0.2) is 13.2 Å². The molecule has 0 aromatic carbocycles. The minimum atomic E-state index is -3.73. The zero-order valence-corrected chi connectivity index (χ0v) is 12.9. The van der Waals surface area contributed by atoms with Crippen molar-refractivity contribution in [1.29, 1.82) is 0 Å². The number of fused-ring (bicyclic) bond motifs is 1. The summed E-state index contributed by atoms with van der Waals surface area (Å²) in [5.41, 5.74) is 0.780. The van der Waals surface area contributed by atoms with Crippen LogP contribution in [0.15, 0.2) is 6.20 Å². The molecule has 1 fully saturated rings. The van der Waals surface area contributed by atoms with E-state index in [4.69, 9.17) is 0 Å². The maximum absolute atomic E-state index is 12.2. The van der Waals surface area contributed by atoms with Crippen LogP contribution in [0.4, 0.5) is 10.5 Å². The smallest absolute Gasteiger partial charge is 0.407 e. The molecule has 10 heteroatoms. The van der Waals surface area contributed by atoms with Crippen molar-refractivity contribution >= 4 is 27.6 Å². The minimum absolute atomic E-state index is 0.0404. The van der Waals surface area contributed by atoms with E-state index >= 15 is 0 Å². The Morgan fingerprint density at radius 1 is 1.41 bits per heavy atom. The number of carbonyl (C=O) groups is 2. The summed E-state index contributed by atoms with van der Waals surface area (Å²) in [7, 11) is -3.73. The van der Waals surface area contributed by atoms with Crippen LogP contribution in [0.25, 0.3) is 0 Å². The molecule has 22 heavy (non-hydrogen) atoms. The van der Waals surface area contributed by atoms with Crippen molar-refractivity contribution in [1.82, 2.24) is 14.7 Å². The highest BCUT2D eigenvalue weighted by Gasteiger charge is 2.44. The second-order valence-electron chi connectivity index (χ2n) is 5.61. The van der Waals surface area contributed by atoms with E-state index in [1.165, 1.54) is 18.0 Å². The van der Waals surface area contributed by atoms with Crippen LogP contribution in [-0.4, -0.2) is 57.9 Å². The van der Waals surface area contributed by atoms with Crippen molar-refractivity contribution in [3.8, 4) is 0 Å². The fourth-order valence-corrected chi connectivity index (χ4v) is 4.72. The van der Waals surface area contributed by atoms with E-state index in [9.17, 15) is 23.1 Å². The largest absolute Gasteiger partial charge is 0.465 e. The van der Waals surface area contributed by atoms with Crippen molar-refractivity contribution in [2.75, 3.05) is 10.1 Å². The molecule has 1 aromatic heterocycles. The van der Waals surface area contributed by atoms with E-state index in [1.807, 2.05) is 0 Å². The molecule has 120 valence electrons. The lowest BCUT2D eigenvalue weighted by atomic mass is 10.2. The second kappa shape index (κ2) is 4.70. The molecule has 9 nitrogen and oxygen atoms in total. The van der Waals surface area contributed by atoms with Gasteiger partial charge in [-0.1, -0.05) is 0 Å². The van der Waals surface area contributed by atoms with Gasteiger partial charge in [0, 0.05) is 0 Å². The number of hydrogen-bond acceptors (Lipinski definition) is 5. The van der Waals surface area contributed by atoms with Crippen LogP contribution in [-0.2, 0) is 27.9 Å². The summed E-state index contributed by atoms with van der Waals surface area (Å²) in [6.45, 7) is 3.67. The monoisotopic (exact) mass is 328 g/mol. The van der Waals surface area contributed by atoms with Gasteiger partial charge in [0.1, 0.15) is 11.8 Å². The molecule has 1 saturated heterocycles. The lowest BCUT2D eigenvalue weighted by Crippen LogP contribution is -2.45. The quantitative estimate of drug-likeness (QED) is 0.768. The molecule has 2 atom stereocenters. The summed E-state index contributed by atoms with van der Waals surface area (Å²) >= 11 is 0. The normalized spacial score (nSPS) is 27.1. The first kappa shape index (κ1) is 14.8. The molecular formula is C12H16N4O5S. The first-order valence-electron chi connectivity index (χ1n) is 6.81. The summed E-state index contributed by atoms with van der Waals surface area (Å²) in [5.74, 6) is -0.906. The number of nitrogens with zero attached hydrogens (tertiary/aromatic N) is 4. The molecule has 1 N–H and O–H groups in total. The van der Waals surface area contributed by atoms with Crippen LogP contribution in [0.3, 0.4) is 0 Å². The van der Waals surface area contributed by atoms with Gasteiger partial charge in [-0.2, -0.15) is 5.10 Å².